The van der Waals surface area contributed by atoms with Gasteiger partial charge >= 0.3 is 0 Å². The van der Waals surface area contributed by atoms with Crippen molar-refractivity contribution in [1.82, 2.24) is 0 Å². The molecule has 0 aliphatic rings. The lowest BCUT2D eigenvalue weighted by atomic mass is 9.98. The van der Waals surface area contributed by atoms with Crippen LogP contribution in [0.25, 0.3) is 11.1 Å². The third-order valence-electron chi connectivity index (χ3n) is 3.06. The second kappa shape index (κ2) is 7.09. The van der Waals surface area contributed by atoms with Crippen molar-refractivity contribution in [1.29, 1.82) is 0 Å². The number of benzene rings is 2. The van der Waals surface area contributed by atoms with Crippen LogP contribution in [0.15, 0.2) is 53.5 Å². The summed E-state index contributed by atoms with van der Waals surface area (Å²) in [5, 5.41) is 0.360. The van der Waals surface area contributed by atoms with Gasteiger partial charge in [-0.05, 0) is 30.4 Å². The van der Waals surface area contributed by atoms with E-state index in [4.69, 9.17) is 4.74 Å². The van der Waals surface area contributed by atoms with E-state index < -0.39 is 0 Å². The van der Waals surface area contributed by atoms with Gasteiger partial charge in [-0.1, -0.05) is 59.8 Å². The van der Waals surface area contributed by atoms with Gasteiger partial charge in [0.2, 0.25) is 0 Å². The zero-order valence-corrected chi connectivity index (χ0v) is 13.1. The van der Waals surface area contributed by atoms with Crippen molar-refractivity contribution in [2.24, 2.45) is 4.99 Å². The number of thioether (sulfide) groups is 1. The van der Waals surface area contributed by atoms with Crippen LogP contribution in [0.5, 0.6) is 0 Å². The molecular weight excluding hydrogens is 282 g/mol. The maximum Gasteiger partial charge on any atom is 0.281 e. The molecular formula is C17H17NO2S. The molecule has 2 rings (SSSR count). The Morgan fingerprint density at radius 2 is 1.76 bits per heavy atom. The average Bonchev–Trinajstić information content (AvgIpc) is 2.53. The van der Waals surface area contributed by atoms with E-state index in [0.717, 1.165) is 11.1 Å². The first-order chi connectivity index (χ1) is 10.2. The minimum absolute atomic E-state index is 0.294. The fourth-order valence-corrected chi connectivity index (χ4v) is 2.31. The predicted molar refractivity (Wildman–Crippen MR) is 88.9 cm³/mol. The van der Waals surface area contributed by atoms with Crippen molar-refractivity contribution in [3.8, 4) is 11.1 Å². The number of aryl methyl sites for hydroxylation is 1. The van der Waals surface area contributed by atoms with E-state index in [1.165, 1.54) is 24.4 Å². The zero-order valence-electron chi connectivity index (χ0n) is 12.3. The summed E-state index contributed by atoms with van der Waals surface area (Å²) in [5.74, 6) is -0.294. The third kappa shape index (κ3) is 3.73. The van der Waals surface area contributed by atoms with Gasteiger partial charge in [0.05, 0.1) is 7.11 Å². The number of amides is 1. The van der Waals surface area contributed by atoms with Crippen LogP contribution in [0.2, 0.25) is 0 Å². The molecule has 0 bridgehead atoms. The molecule has 108 valence electrons. The molecule has 0 saturated heterocycles. The minimum atomic E-state index is -0.294. The normalized spacial score (nSPS) is 11.3. The topological polar surface area (TPSA) is 38.7 Å². The number of ether oxygens (including phenoxy) is 1. The standard InChI is InChI=1S/C17H17NO2S/c1-12-8-10-13(11-9-12)14-6-4-5-7-15(14)16(19)18-17(20-2)21-3/h4-11H,1-3H3. The van der Waals surface area contributed by atoms with Crippen molar-refractivity contribution in [3.05, 3.63) is 59.7 Å². The molecule has 0 fully saturated rings. The number of aliphatic imine (C=N–C) groups is 1. The van der Waals surface area contributed by atoms with Crippen LogP contribution in [-0.2, 0) is 4.74 Å². The van der Waals surface area contributed by atoms with Crippen molar-refractivity contribution < 1.29 is 9.53 Å². The highest BCUT2D eigenvalue weighted by Gasteiger charge is 2.12. The van der Waals surface area contributed by atoms with Crippen molar-refractivity contribution in [2.75, 3.05) is 13.4 Å². The Bertz CT molecular complexity index is 657. The van der Waals surface area contributed by atoms with Crippen LogP contribution in [0, 0.1) is 6.92 Å². The van der Waals surface area contributed by atoms with Gasteiger partial charge in [-0.2, -0.15) is 4.99 Å². The van der Waals surface area contributed by atoms with E-state index in [9.17, 15) is 4.79 Å². The number of carbonyl (C=O) groups is 1. The van der Waals surface area contributed by atoms with Gasteiger partial charge in [-0.15, -0.1) is 0 Å². The molecule has 0 heterocycles. The van der Waals surface area contributed by atoms with E-state index in [1.54, 1.807) is 6.07 Å². The molecule has 2 aromatic carbocycles. The molecule has 0 atom stereocenters. The van der Waals surface area contributed by atoms with Gasteiger partial charge in [0.25, 0.3) is 11.1 Å². The van der Waals surface area contributed by atoms with E-state index in [0.29, 0.717) is 10.8 Å². The van der Waals surface area contributed by atoms with Crippen LogP contribution < -0.4 is 0 Å². The van der Waals surface area contributed by atoms with Gasteiger partial charge in [0.15, 0.2) is 0 Å². The summed E-state index contributed by atoms with van der Waals surface area (Å²) >= 11 is 1.30. The fraction of sp³-hybridized carbons (Fsp3) is 0.176. The number of carbonyl (C=O) groups excluding carboxylic acids is 1. The highest BCUT2D eigenvalue weighted by atomic mass is 32.2. The van der Waals surface area contributed by atoms with Crippen molar-refractivity contribution in [2.45, 2.75) is 6.92 Å². The third-order valence-corrected chi connectivity index (χ3v) is 3.67. The first kappa shape index (κ1) is 15.3. The molecule has 21 heavy (non-hydrogen) atoms. The van der Waals surface area contributed by atoms with Crippen LogP contribution in [0.4, 0.5) is 0 Å². The Labute approximate surface area is 129 Å². The Kier molecular flexibility index (Phi) is 5.17. The first-order valence-corrected chi connectivity index (χ1v) is 7.75. The van der Waals surface area contributed by atoms with Crippen molar-refractivity contribution in [3.63, 3.8) is 0 Å². The number of methoxy groups -OCH3 is 1. The highest BCUT2D eigenvalue weighted by molar-refractivity contribution is 8.13. The smallest absolute Gasteiger partial charge is 0.281 e. The maximum absolute atomic E-state index is 12.4. The molecule has 0 aliphatic heterocycles. The second-order valence-corrected chi connectivity index (χ2v) is 5.26. The Morgan fingerprint density at radius 3 is 2.38 bits per heavy atom. The molecule has 0 aromatic heterocycles. The molecule has 0 aliphatic carbocycles. The van der Waals surface area contributed by atoms with E-state index in [1.807, 2.05) is 55.6 Å². The first-order valence-electron chi connectivity index (χ1n) is 6.52. The monoisotopic (exact) mass is 299 g/mol. The largest absolute Gasteiger partial charge is 0.476 e. The number of rotatable bonds is 2. The summed E-state index contributed by atoms with van der Waals surface area (Å²) in [6, 6.07) is 15.6. The van der Waals surface area contributed by atoms with Crippen LogP contribution in [0.3, 0.4) is 0 Å². The van der Waals surface area contributed by atoms with Crippen LogP contribution in [0.1, 0.15) is 15.9 Å². The number of nitrogens with zero attached hydrogens (tertiary/aromatic N) is 1. The van der Waals surface area contributed by atoms with Gasteiger partial charge in [0, 0.05) is 5.56 Å². The van der Waals surface area contributed by atoms with Gasteiger partial charge in [0.1, 0.15) is 0 Å². The van der Waals surface area contributed by atoms with Gasteiger partial charge in [-0.3, -0.25) is 4.79 Å². The quantitative estimate of drug-likeness (QED) is 0.617. The number of hydrogen-bond donors (Lipinski definition) is 0. The maximum atomic E-state index is 12.4. The lowest BCUT2D eigenvalue weighted by Crippen LogP contribution is -2.03. The molecule has 0 spiro atoms. The summed E-state index contributed by atoms with van der Waals surface area (Å²) < 4.78 is 5.05. The molecule has 0 saturated carbocycles. The molecule has 4 heteroatoms. The Hall–Kier alpha value is -2.07. The number of hydrogen-bond acceptors (Lipinski definition) is 3. The average molecular weight is 299 g/mol. The van der Waals surface area contributed by atoms with Gasteiger partial charge < -0.3 is 4.74 Å². The second-order valence-electron chi connectivity index (χ2n) is 4.50. The summed E-state index contributed by atoms with van der Waals surface area (Å²) in [5.41, 5.74) is 3.64. The lowest BCUT2D eigenvalue weighted by molar-refractivity contribution is 0.100. The molecule has 0 radical (unpaired) electrons. The summed E-state index contributed by atoms with van der Waals surface area (Å²) in [6.45, 7) is 2.04. The molecule has 0 unspecified atom stereocenters. The van der Waals surface area contributed by atoms with Crippen molar-refractivity contribution >= 4 is 22.9 Å². The molecule has 3 nitrogen and oxygen atoms in total. The van der Waals surface area contributed by atoms with Gasteiger partial charge in [-0.25, -0.2) is 0 Å². The fourth-order valence-electron chi connectivity index (χ4n) is 1.97. The van der Waals surface area contributed by atoms with Crippen LogP contribution >= 0.6 is 11.8 Å². The van der Waals surface area contributed by atoms with E-state index >= 15 is 0 Å². The molecule has 1 amide bonds. The van der Waals surface area contributed by atoms with E-state index in [-0.39, 0.29) is 5.91 Å². The molecule has 0 N–H and O–H groups in total. The van der Waals surface area contributed by atoms with Crippen LogP contribution in [-0.4, -0.2) is 24.5 Å². The highest BCUT2D eigenvalue weighted by Crippen LogP contribution is 2.25. The summed E-state index contributed by atoms with van der Waals surface area (Å²) in [6.07, 6.45) is 1.82. The minimum Gasteiger partial charge on any atom is -0.476 e. The summed E-state index contributed by atoms with van der Waals surface area (Å²) in [4.78, 5) is 16.4. The Balaban J connectivity index is 2.44. The SMILES string of the molecule is COC(=NC(=O)c1ccccc1-c1ccc(C)cc1)SC. The lowest BCUT2D eigenvalue weighted by Gasteiger charge is -2.08. The molecule has 2 aromatic rings. The van der Waals surface area contributed by atoms with E-state index in [2.05, 4.69) is 4.99 Å². The zero-order chi connectivity index (χ0) is 15.2. The Morgan fingerprint density at radius 1 is 1.10 bits per heavy atom. The summed E-state index contributed by atoms with van der Waals surface area (Å²) in [7, 11) is 1.51. The predicted octanol–water partition coefficient (Wildman–Crippen LogP) is 4.17.